The molecule has 0 aliphatic carbocycles. The third-order valence-electron chi connectivity index (χ3n) is 3.27. The molecule has 0 unspecified atom stereocenters. The molecule has 1 atom stereocenters. The minimum absolute atomic E-state index is 0.336. The maximum atomic E-state index is 11.8. The molecule has 1 aromatic carbocycles. The number of aliphatic carboxylic acids is 1. The molecular weight excluding hydrogens is 318 g/mol. The summed E-state index contributed by atoms with van der Waals surface area (Å²) >= 11 is 6.04. The van der Waals surface area contributed by atoms with Crippen molar-refractivity contribution in [3.8, 4) is 5.75 Å². The van der Waals surface area contributed by atoms with Crippen molar-refractivity contribution in [1.29, 1.82) is 0 Å². The molecule has 6 nitrogen and oxygen atoms in total. The van der Waals surface area contributed by atoms with Crippen LogP contribution in [-0.4, -0.2) is 39.6 Å². The molecule has 122 valence electrons. The van der Waals surface area contributed by atoms with Crippen molar-refractivity contribution < 1.29 is 14.6 Å². The van der Waals surface area contributed by atoms with Crippen LogP contribution in [0.4, 0.5) is 0 Å². The summed E-state index contributed by atoms with van der Waals surface area (Å²) < 4.78 is 5.55. The molecule has 1 heterocycles. The molecule has 0 saturated heterocycles. The first-order valence-electron chi connectivity index (χ1n) is 7.13. The van der Waals surface area contributed by atoms with E-state index in [0.29, 0.717) is 35.2 Å². The summed E-state index contributed by atoms with van der Waals surface area (Å²) in [4.78, 5) is 21.7. The van der Waals surface area contributed by atoms with E-state index in [1.54, 1.807) is 48.7 Å². The second-order valence-corrected chi connectivity index (χ2v) is 5.40. The number of aromatic nitrogens is 2. The van der Waals surface area contributed by atoms with E-state index < -0.39 is 12.0 Å². The van der Waals surface area contributed by atoms with Crippen molar-refractivity contribution in [1.82, 2.24) is 14.9 Å². The minimum atomic E-state index is -0.986. The molecule has 7 heteroatoms. The summed E-state index contributed by atoms with van der Waals surface area (Å²) in [5.41, 5.74) is 1.19. The predicted molar refractivity (Wildman–Crippen MR) is 86.5 cm³/mol. The van der Waals surface area contributed by atoms with Crippen LogP contribution in [0.15, 0.2) is 36.8 Å². The van der Waals surface area contributed by atoms with Gasteiger partial charge in [-0.25, -0.2) is 0 Å². The summed E-state index contributed by atoms with van der Waals surface area (Å²) in [6.07, 6.45) is 4.75. The van der Waals surface area contributed by atoms with Gasteiger partial charge < -0.3 is 9.84 Å². The monoisotopic (exact) mass is 335 g/mol. The van der Waals surface area contributed by atoms with Gasteiger partial charge in [0.2, 0.25) is 0 Å². The van der Waals surface area contributed by atoms with Gasteiger partial charge in [-0.2, -0.15) is 0 Å². The zero-order valence-corrected chi connectivity index (χ0v) is 13.7. The maximum Gasteiger partial charge on any atom is 0.325 e. The topological polar surface area (TPSA) is 75.6 Å². The predicted octanol–water partition coefficient (Wildman–Crippen LogP) is 2.79. The number of carboxylic acids is 1. The molecule has 2 rings (SSSR count). The van der Waals surface area contributed by atoms with Crippen molar-refractivity contribution in [3.63, 3.8) is 0 Å². The van der Waals surface area contributed by atoms with Crippen LogP contribution in [0.1, 0.15) is 24.2 Å². The molecule has 0 radical (unpaired) electrons. The molecule has 0 bridgehead atoms. The highest BCUT2D eigenvalue weighted by Gasteiger charge is 2.28. The van der Waals surface area contributed by atoms with E-state index in [9.17, 15) is 9.90 Å². The average molecular weight is 336 g/mol. The molecule has 0 saturated carbocycles. The number of rotatable bonds is 7. The lowest BCUT2D eigenvalue weighted by Gasteiger charge is -2.26. The van der Waals surface area contributed by atoms with Gasteiger partial charge in [-0.3, -0.25) is 19.7 Å². The van der Waals surface area contributed by atoms with Gasteiger partial charge in [-0.1, -0.05) is 11.6 Å². The largest absolute Gasteiger partial charge is 0.494 e. The zero-order valence-electron chi connectivity index (χ0n) is 12.9. The van der Waals surface area contributed by atoms with Crippen LogP contribution in [0.3, 0.4) is 0 Å². The number of hydrogen-bond donors (Lipinski definition) is 1. The van der Waals surface area contributed by atoms with Crippen molar-refractivity contribution in [2.75, 3.05) is 13.7 Å². The van der Waals surface area contributed by atoms with Crippen molar-refractivity contribution in [2.24, 2.45) is 0 Å². The fourth-order valence-corrected chi connectivity index (χ4v) is 2.52. The van der Waals surface area contributed by atoms with Gasteiger partial charge in [0.1, 0.15) is 11.8 Å². The second kappa shape index (κ2) is 7.89. The Bertz CT molecular complexity index is 667. The Kier molecular flexibility index (Phi) is 5.90. The van der Waals surface area contributed by atoms with Crippen LogP contribution < -0.4 is 4.74 Å². The Morgan fingerprint density at radius 3 is 2.83 bits per heavy atom. The second-order valence-electron chi connectivity index (χ2n) is 4.97. The standard InChI is InChI=1S/C16H18ClN3O3/c1-3-23-14-5-4-11(17)8-13(14)15(16(21)22)20(2)10-12-9-18-6-7-19-12/h4-9,15H,3,10H2,1-2H3,(H,21,22)/t15-/m0/s1. The summed E-state index contributed by atoms with van der Waals surface area (Å²) in [6, 6.07) is 4.08. The first kappa shape index (κ1) is 17.2. The molecule has 1 N–H and O–H groups in total. The van der Waals surface area contributed by atoms with Crippen molar-refractivity contribution in [3.05, 3.63) is 53.1 Å². The fourth-order valence-electron chi connectivity index (χ4n) is 2.34. The first-order chi connectivity index (χ1) is 11.0. The SMILES string of the molecule is CCOc1ccc(Cl)cc1[C@@H](C(=O)O)N(C)Cc1cnccn1. The van der Waals surface area contributed by atoms with Crippen LogP contribution in [0, 0.1) is 0 Å². The normalized spacial score (nSPS) is 12.2. The number of benzene rings is 1. The van der Waals surface area contributed by atoms with Crippen LogP contribution >= 0.6 is 11.6 Å². The summed E-state index contributed by atoms with van der Waals surface area (Å²) in [5.74, 6) is -0.477. The minimum Gasteiger partial charge on any atom is -0.494 e. The number of nitrogens with zero attached hydrogens (tertiary/aromatic N) is 3. The van der Waals surface area contributed by atoms with Gasteiger partial charge >= 0.3 is 5.97 Å². The number of hydrogen-bond acceptors (Lipinski definition) is 5. The van der Waals surface area contributed by atoms with Gasteiger partial charge in [-0.05, 0) is 32.2 Å². The van der Waals surface area contributed by atoms with E-state index in [4.69, 9.17) is 16.3 Å². The Labute approximate surface area is 139 Å². The number of ether oxygens (including phenoxy) is 1. The van der Waals surface area contributed by atoms with Crippen LogP contribution in [0.5, 0.6) is 5.75 Å². The summed E-state index contributed by atoms with van der Waals surface area (Å²) in [7, 11) is 1.71. The highest BCUT2D eigenvalue weighted by molar-refractivity contribution is 6.30. The molecule has 0 aliphatic heterocycles. The van der Waals surface area contributed by atoms with E-state index in [1.165, 1.54) is 0 Å². The summed E-state index contributed by atoms with van der Waals surface area (Å²) in [5, 5.41) is 10.1. The lowest BCUT2D eigenvalue weighted by molar-refractivity contribution is -0.143. The van der Waals surface area contributed by atoms with E-state index in [-0.39, 0.29) is 0 Å². The smallest absolute Gasteiger partial charge is 0.325 e. The van der Waals surface area contributed by atoms with E-state index >= 15 is 0 Å². The van der Waals surface area contributed by atoms with Gasteiger partial charge in [0, 0.05) is 35.7 Å². The first-order valence-corrected chi connectivity index (χ1v) is 7.51. The highest BCUT2D eigenvalue weighted by Crippen LogP contribution is 2.32. The molecule has 2 aromatic rings. The van der Waals surface area contributed by atoms with Gasteiger partial charge in [0.15, 0.2) is 0 Å². The van der Waals surface area contributed by atoms with Crippen LogP contribution in [0.2, 0.25) is 5.02 Å². The van der Waals surface area contributed by atoms with Crippen molar-refractivity contribution in [2.45, 2.75) is 19.5 Å². The van der Waals surface area contributed by atoms with Crippen LogP contribution in [0.25, 0.3) is 0 Å². The third-order valence-corrected chi connectivity index (χ3v) is 3.50. The Balaban J connectivity index is 2.34. The maximum absolute atomic E-state index is 11.8. The number of likely N-dealkylation sites (N-methyl/N-ethyl adjacent to an activating group) is 1. The van der Waals surface area contributed by atoms with Crippen LogP contribution in [-0.2, 0) is 11.3 Å². The molecule has 0 fully saturated rings. The van der Waals surface area contributed by atoms with Gasteiger partial charge in [0.05, 0.1) is 12.3 Å². The lowest BCUT2D eigenvalue weighted by Crippen LogP contribution is -2.31. The third kappa shape index (κ3) is 4.40. The molecule has 1 aromatic heterocycles. The van der Waals surface area contributed by atoms with Gasteiger partial charge in [0.25, 0.3) is 0 Å². The number of halogens is 1. The summed E-state index contributed by atoms with van der Waals surface area (Å²) in [6.45, 7) is 2.62. The number of carbonyl (C=O) groups is 1. The fraction of sp³-hybridized carbons (Fsp3) is 0.312. The van der Waals surface area contributed by atoms with E-state index in [2.05, 4.69) is 9.97 Å². The highest BCUT2D eigenvalue weighted by atomic mass is 35.5. The zero-order chi connectivity index (χ0) is 16.8. The Morgan fingerprint density at radius 1 is 1.43 bits per heavy atom. The number of carboxylic acid groups (broad SMARTS) is 1. The quantitative estimate of drug-likeness (QED) is 0.838. The molecular formula is C16H18ClN3O3. The Hall–Kier alpha value is -2.18. The van der Waals surface area contributed by atoms with E-state index in [1.807, 2.05) is 6.92 Å². The van der Waals surface area contributed by atoms with Crippen molar-refractivity contribution >= 4 is 17.6 Å². The molecule has 0 aliphatic rings. The Morgan fingerprint density at radius 2 is 2.22 bits per heavy atom. The molecule has 23 heavy (non-hydrogen) atoms. The van der Waals surface area contributed by atoms with E-state index in [0.717, 1.165) is 0 Å². The van der Waals surface area contributed by atoms with Gasteiger partial charge in [-0.15, -0.1) is 0 Å². The lowest BCUT2D eigenvalue weighted by atomic mass is 10.0. The molecule has 0 amide bonds. The molecule has 0 spiro atoms. The average Bonchev–Trinajstić information content (AvgIpc) is 2.51.